The summed E-state index contributed by atoms with van der Waals surface area (Å²) in [5.74, 6) is -3.79. The molecule has 12 heteroatoms. The van der Waals surface area contributed by atoms with E-state index >= 15 is 0 Å². The van der Waals surface area contributed by atoms with Gasteiger partial charge in [-0.15, -0.1) is 0 Å². The lowest BCUT2D eigenvalue weighted by Crippen LogP contribution is -2.61. The molecule has 1 atom stereocenters. The van der Waals surface area contributed by atoms with Crippen molar-refractivity contribution >= 4 is 15.9 Å². The average Bonchev–Trinajstić information content (AvgIpc) is 2.63. The van der Waals surface area contributed by atoms with Crippen molar-refractivity contribution in [2.45, 2.75) is 36.4 Å². The van der Waals surface area contributed by atoms with Crippen molar-refractivity contribution in [3.8, 4) is 0 Å². The van der Waals surface area contributed by atoms with E-state index in [4.69, 9.17) is 0 Å². The van der Waals surface area contributed by atoms with Crippen LogP contribution in [0.4, 0.5) is 22.0 Å². The van der Waals surface area contributed by atoms with Gasteiger partial charge in [0.1, 0.15) is 16.5 Å². The molecule has 1 aliphatic heterocycles. The van der Waals surface area contributed by atoms with Crippen LogP contribution in [-0.2, 0) is 19.6 Å². The Morgan fingerprint density at radius 3 is 2.34 bits per heavy atom. The van der Waals surface area contributed by atoms with Crippen molar-refractivity contribution in [2.24, 2.45) is 5.92 Å². The number of ether oxygens (including phenoxy) is 1. The fourth-order valence-corrected chi connectivity index (χ4v) is 4.57. The van der Waals surface area contributed by atoms with Crippen molar-refractivity contribution in [1.82, 2.24) is 9.62 Å². The van der Waals surface area contributed by atoms with Crippen molar-refractivity contribution < 1.29 is 39.9 Å². The average molecular weight is 444 g/mol. The molecule has 0 aliphatic carbocycles. The van der Waals surface area contributed by atoms with E-state index in [-0.39, 0.29) is 25.9 Å². The second kappa shape index (κ2) is 8.52. The minimum atomic E-state index is -4.75. The molecule has 1 heterocycles. The Morgan fingerprint density at radius 2 is 1.83 bits per heavy atom. The number of halogens is 5. The first-order valence-corrected chi connectivity index (χ1v) is 10.1. The van der Waals surface area contributed by atoms with Crippen molar-refractivity contribution in [3.05, 3.63) is 29.8 Å². The van der Waals surface area contributed by atoms with Gasteiger partial charge in [-0.1, -0.05) is 0 Å². The van der Waals surface area contributed by atoms with Crippen LogP contribution in [0.1, 0.15) is 19.8 Å². The highest BCUT2D eigenvalue weighted by atomic mass is 32.2. The molecule has 1 saturated heterocycles. The zero-order valence-corrected chi connectivity index (χ0v) is 16.5. The molecule has 0 bridgehead atoms. The molecule has 0 unspecified atom stereocenters. The molecule has 0 radical (unpaired) electrons. The molecule has 6 nitrogen and oxygen atoms in total. The number of methoxy groups -OCH3 is 1. The third kappa shape index (κ3) is 5.04. The van der Waals surface area contributed by atoms with Gasteiger partial charge in [0.15, 0.2) is 5.54 Å². The number of nitrogens with one attached hydrogen (secondary N) is 1. The molecular formula is C17H21F5N2O4S. The smallest absolute Gasteiger partial charge is 0.382 e. The Balaban J connectivity index is 2.08. The number of hydrogen-bond donors (Lipinski definition) is 1. The first kappa shape index (κ1) is 23.5. The lowest BCUT2D eigenvalue weighted by molar-refractivity contribution is -0.205. The van der Waals surface area contributed by atoms with Crippen LogP contribution >= 0.6 is 0 Å². The summed E-state index contributed by atoms with van der Waals surface area (Å²) in [4.78, 5) is 11.5. The number of benzene rings is 1. The summed E-state index contributed by atoms with van der Waals surface area (Å²) < 4.78 is 97.4. The lowest BCUT2D eigenvalue weighted by Gasteiger charge is -2.35. The van der Waals surface area contributed by atoms with E-state index in [0.29, 0.717) is 12.1 Å². The maximum absolute atomic E-state index is 13.8. The molecule has 29 heavy (non-hydrogen) atoms. The molecule has 2 rings (SSSR count). The Kier molecular flexibility index (Phi) is 6.90. The number of hydrogen-bond acceptors (Lipinski definition) is 4. The molecule has 1 aliphatic rings. The molecule has 1 aromatic carbocycles. The fourth-order valence-electron chi connectivity index (χ4n) is 3.02. The van der Waals surface area contributed by atoms with E-state index < -0.39 is 56.7 Å². The van der Waals surface area contributed by atoms with Crippen LogP contribution < -0.4 is 5.32 Å². The number of piperidine rings is 1. The van der Waals surface area contributed by atoms with Gasteiger partial charge >= 0.3 is 6.18 Å². The second-order valence-corrected chi connectivity index (χ2v) is 8.91. The Hall–Kier alpha value is -1.79. The van der Waals surface area contributed by atoms with Crippen LogP contribution in [0.2, 0.25) is 0 Å². The number of sulfonamides is 1. The quantitative estimate of drug-likeness (QED) is 0.684. The number of carbonyl (C=O) groups excluding carboxylic acids is 1. The van der Waals surface area contributed by atoms with Gasteiger partial charge in [0, 0.05) is 26.1 Å². The first-order valence-electron chi connectivity index (χ1n) is 8.65. The molecule has 1 fully saturated rings. The van der Waals surface area contributed by atoms with Gasteiger partial charge in [0.2, 0.25) is 15.9 Å². The van der Waals surface area contributed by atoms with E-state index in [1.54, 1.807) is 0 Å². The lowest BCUT2D eigenvalue weighted by atomic mass is 9.94. The summed E-state index contributed by atoms with van der Waals surface area (Å²) in [6.07, 6.45) is -4.89. The number of alkyl halides is 3. The van der Waals surface area contributed by atoms with E-state index in [2.05, 4.69) is 4.74 Å². The summed E-state index contributed by atoms with van der Waals surface area (Å²) in [5, 5.41) is 1.94. The molecule has 0 aromatic heterocycles. The minimum Gasteiger partial charge on any atom is -0.382 e. The van der Waals surface area contributed by atoms with Crippen LogP contribution in [-0.4, -0.2) is 57.2 Å². The first-order chi connectivity index (χ1) is 13.3. The zero-order chi connectivity index (χ0) is 22.0. The normalized spacial score (nSPS) is 19.0. The summed E-state index contributed by atoms with van der Waals surface area (Å²) in [6, 6.07) is 2.03. The fraction of sp³-hybridized carbons (Fsp3) is 0.588. The zero-order valence-electron chi connectivity index (χ0n) is 15.7. The van der Waals surface area contributed by atoms with Crippen LogP contribution in [0.5, 0.6) is 0 Å². The highest BCUT2D eigenvalue weighted by molar-refractivity contribution is 7.89. The topological polar surface area (TPSA) is 75.7 Å². The van der Waals surface area contributed by atoms with Crippen LogP contribution in [0, 0.1) is 17.6 Å². The maximum atomic E-state index is 13.8. The molecule has 0 spiro atoms. The monoisotopic (exact) mass is 444 g/mol. The molecule has 1 N–H and O–H groups in total. The second-order valence-electron chi connectivity index (χ2n) is 7.01. The Morgan fingerprint density at radius 1 is 1.24 bits per heavy atom. The van der Waals surface area contributed by atoms with E-state index in [1.807, 2.05) is 5.32 Å². The van der Waals surface area contributed by atoms with Gasteiger partial charge in [-0.25, -0.2) is 17.2 Å². The largest absolute Gasteiger partial charge is 0.413 e. The van der Waals surface area contributed by atoms with Crippen LogP contribution in [0.3, 0.4) is 0 Å². The van der Waals surface area contributed by atoms with Crippen LogP contribution in [0.25, 0.3) is 0 Å². The highest BCUT2D eigenvalue weighted by Gasteiger charge is 2.53. The summed E-state index contributed by atoms with van der Waals surface area (Å²) in [6.45, 7) is -0.429. The molecule has 0 saturated carbocycles. The van der Waals surface area contributed by atoms with E-state index in [1.165, 1.54) is 0 Å². The third-order valence-electron chi connectivity index (χ3n) is 4.79. The Bertz CT molecular complexity index is 854. The predicted octanol–water partition coefficient (Wildman–Crippen LogP) is 2.45. The van der Waals surface area contributed by atoms with Gasteiger partial charge in [0.05, 0.1) is 6.61 Å². The summed E-state index contributed by atoms with van der Waals surface area (Å²) in [7, 11) is -3.27. The minimum absolute atomic E-state index is 0.0666. The number of amides is 1. The van der Waals surface area contributed by atoms with Crippen LogP contribution in [0.15, 0.2) is 23.1 Å². The van der Waals surface area contributed by atoms with Gasteiger partial charge in [0.25, 0.3) is 0 Å². The number of rotatable bonds is 6. The standard InChI is InChI=1S/C17H21F5N2O4S/c1-16(10-28-2,17(20,21)22)23-15(25)11-5-7-24(8-6-11)29(26,27)14-9-12(18)3-4-13(14)19/h3-4,9,11H,5-8,10H2,1-2H3,(H,23,25)/t16-/m0/s1. The van der Waals surface area contributed by atoms with Gasteiger partial charge in [-0.2, -0.15) is 17.5 Å². The molecular weight excluding hydrogens is 423 g/mol. The highest BCUT2D eigenvalue weighted by Crippen LogP contribution is 2.32. The molecule has 164 valence electrons. The molecule has 1 aromatic rings. The SMILES string of the molecule is COC[C@](C)(NC(=O)C1CCN(S(=O)(=O)c2cc(F)ccc2F)CC1)C(F)(F)F. The van der Waals surface area contributed by atoms with E-state index in [9.17, 15) is 35.2 Å². The summed E-state index contributed by atoms with van der Waals surface area (Å²) in [5.41, 5.74) is -2.59. The number of nitrogens with zero attached hydrogens (tertiary/aromatic N) is 1. The summed E-state index contributed by atoms with van der Waals surface area (Å²) >= 11 is 0. The van der Waals surface area contributed by atoms with Crippen molar-refractivity contribution in [3.63, 3.8) is 0 Å². The Labute approximate surface area is 165 Å². The van der Waals surface area contributed by atoms with E-state index in [0.717, 1.165) is 24.4 Å². The predicted molar refractivity (Wildman–Crippen MR) is 92.3 cm³/mol. The number of carbonyl (C=O) groups is 1. The molecule has 1 amide bonds. The third-order valence-corrected chi connectivity index (χ3v) is 6.71. The maximum Gasteiger partial charge on any atom is 0.413 e. The van der Waals surface area contributed by atoms with Gasteiger partial charge < -0.3 is 10.1 Å². The van der Waals surface area contributed by atoms with Crippen molar-refractivity contribution in [2.75, 3.05) is 26.8 Å². The van der Waals surface area contributed by atoms with Gasteiger partial charge in [-0.3, -0.25) is 4.79 Å². The van der Waals surface area contributed by atoms with Crippen molar-refractivity contribution in [1.29, 1.82) is 0 Å². The van der Waals surface area contributed by atoms with Gasteiger partial charge in [-0.05, 0) is 38.0 Å².